The van der Waals surface area contributed by atoms with Gasteiger partial charge in [-0.25, -0.2) is 9.97 Å². The Hall–Kier alpha value is -4.18. The van der Waals surface area contributed by atoms with Crippen LogP contribution >= 0.6 is 0 Å². The molecule has 0 aliphatic rings. The third kappa shape index (κ3) is 4.23. The summed E-state index contributed by atoms with van der Waals surface area (Å²) in [6.07, 6.45) is 4.02. The summed E-state index contributed by atoms with van der Waals surface area (Å²) >= 11 is 0. The molecule has 6 aromatic rings. The van der Waals surface area contributed by atoms with E-state index in [9.17, 15) is 0 Å². The minimum Gasteiger partial charge on any atom is -0.437 e. The summed E-state index contributed by atoms with van der Waals surface area (Å²) in [6, 6.07) is 26.1. The summed E-state index contributed by atoms with van der Waals surface area (Å²) in [7, 11) is 0. The number of aromatic nitrogens is 3. The van der Waals surface area contributed by atoms with Crippen molar-refractivity contribution in [1.29, 1.82) is 0 Å². The van der Waals surface area contributed by atoms with E-state index in [1.165, 1.54) is 22.4 Å². The van der Waals surface area contributed by atoms with Gasteiger partial charge in [0, 0.05) is 45.4 Å². The number of fused-ring (bicyclic) bond motifs is 3. The van der Waals surface area contributed by atoms with Crippen molar-refractivity contribution in [2.45, 2.75) is 65.7 Å². The number of hydrogen-bond donors (Lipinski definition) is 0. The summed E-state index contributed by atoms with van der Waals surface area (Å²) in [5.74, 6) is 1.75. The number of imidazole rings is 1. The summed E-state index contributed by atoms with van der Waals surface area (Å²) in [4.78, 5) is 9.54. The van der Waals surface area contributed by atoms with Gasteiger partial charge in [0.25, 0.3) is 0 Å². The molecule has 4 nitrogen and oxygen atoms in total. The van der Waals surface area contributed by atoms with Gasteiger partial charge in [-0.05, 0) is 53.6 Å². The van der Waals surface area contributed by atoms with E-state index in [0.29, 0.717) is 17.5 Å². The zero-order valence-corrected chi connectivity index (χ0v) is 24.5. The van der Waals surface area contributed by atoms with E-state index in [2.05, 4.69) is 124 Å². The van der Waals surface area contributed by atoms with Crippen LogP contribution in [0.4, 0.5) is 0 Å². The highest BCUT2D eigenvalue weighted by Gasteiger charge is 2.28. The fourth-order valence-electron chi connectivity index (χ4n) is 5.95. The van der Waals surface area contributed by atoms with Crippen LogP contribution in [-0.4, -0.2) is 14.5 Å². The summed E-state index contributed by atoms with van der Waals surface area (Å²) in [5, 5.41) is 2.16. The van der Waals surface area contributed by atoms with Crippen molar-refractivity contribution in [1.82, 2.24) is 14.5 Å². The first-order valence-electron chi connectivity index (χ1n) is 14.2. The molecule has 3 aromatic carbocycles. The van der Waals surface area contributed by atoms with Gasteiger partial charge in [-0.2, -0.15) is 0 Å². The highest BCUT2D eigenvalue weighted by molar-refractivity contribution is 6.05. The Morgan fingerprint density at radius 3 is 2.23 bits per heavy atom. The van der Waals surface area contributed by atoms with Gasteiger partial charge in [-0.1, -0.05) is 96.1 Å². The Bertz CT molecular complexity index is 1830. The second kappa shape index (κ2) is 9.78. The van der Waals surface area contributed by atoms with Crippen molar-refractivity contribution < 1.29 is 4.42 Å². The van der Waals surface area contributed by atoms with Gasteiger partial charge in [0.2, 0.25) is 5.71 Å². The SMILES string of the molecule is Cc1ccc2c(n1)oc1c(C(C)(C)c3cccc(-c4nccn4-c4c(C(C)C)cccc4C(C)C)c3)cccc12. The Morgan fingerprint density at radius 1 is 0.800 bits per heavy atom. The van der Waals surface area contributed by atoms with Crippen LogP contribution in [0.2, 0.25) is 0 Å². The molecule has 0 fully saturated rings. The van der Waals surface area contributed by atoms with Gasteiger partial charge in [-0.3, -0.25) is 4.57 Å². The highest BCUT2D eigenvalue weighted by atomic mass is 16.3. The molecule has 0 spiro atoms. The molecule has 0 bridgehead atoms. The molecule has 0 amide bonds. The van der Waals surface area contributed by atoms with Crippen molar-refractivity contribution in [2.24, 2.45) is 0 Å². The molecule has 3 aromatic heterocycles. The maximum absolute atomic E-state index is 6.40. The summed E-state index contributed by atoms with van der Waals surface area (Å²) in [6.45, 7) is 15.6. The molecule has 0 saturated carbocycles. The molecule has 0 atom stereocenters. The monoisotopic (exact) mass is 527 g/mol. The van der Waals surface area contributed by atoms with E-state index in [1.807, 2.05) is 19.2 Å². The van der Waals surface area contributed by atoms with Gasteiger partial charge in [0.05, 0.1) is 5.69 Å². The van der Waals surface area contributed by atoms with Crippen molar-refractivity contribution in [3.8, 4) is 17.1 Å². The fourth-order valence-corrected chi connectivity index (χ4v) is 5.95. The number of nitrogens with zero attached hydrogens (tertiary/aromatic N) is 3. The van der Waals surface area contributed by atoms with E-state index in [-0.39, 0.29) is 5.41 Å². The molecule has 4 heteroatoms. The minimum absolute atomic E-state index is 0.311. The lowest BCUT2D eigenvalue weighted by Gasteiger charge is -2.27. The number of rotatable bonds is 6. The average molecular weight is 528 g/mol. The molecule has 40 heavy (non-hydrogen) atoms. The Balaban J connectivity index is 1.49. The van der Waals surface area contributed by atoms with Gasteiger partial charge < -0.3 is 4.42 Å². The quantitative estimate of drug-likeness (QED) is 0.216. The largest absolute Gasteiger partial charge is 0.437 e. The molecule has 0 aliphatic heterocycles. The number of hydrogen-bond acceptors (Lipinski definition) is 3. The predicted molar refractivity (Wildman–Crippen MR) is 166 cm³/mol. The number of pyridine rings is 1. The van der Waals surface area contributed by atoms with Crippen LogP contribution in [0.15, 0.2) is 89.6 Å². The van der Waals surface area contributed by atoms with E-state index in [1.54, 1.807) is 0 Å². The zero-order valence-electron chi connectivity index (χ0n) is 24.5. The van der Waals surface area contributed by atoms with E-state index < -0.39 is 0 Å². The molecule has 0 aliphatic carbocycles. The number of aryl methyl sites for hydroxylation is 1. The maximum atomic E-state index is 6.40. The normalized spacial score (nSPS) is 12.3. The van der Waals surface area contributed by atoms with Gasteiger partial charge in [0.15, 0.2) is 0 Å². The van der Waals surface area contributed by atoms with Gasteiger partial charge in [-0.15, -0.1) is 0 Å². The Kier molecular flexibility index (Phi) is 6.37. The maximum Gasteiger partial charge on any atom is 0.227 e. The summed E-state index contributed by atoms with van der Waals surface area (Å²) < 4.78 is 8.68. The first kappa shape index (κ1) is 26.1. The lowest BCUT2D eigenvalue weighted by atomic mass is 9.77. The predicted octanol–water partition coefficient (Wildman–Crippen LogP) is 9.71. The smallest absolute Gasteiger partial charge is 0.227 e. The lowest BCUT2D eigenvalue weighted by Crippen LogP contribution is -2.19. The third-order valence-corrected chi connectivity index (χ3v) is 8.24. The number of furan rings is 1. The molecule has 202 valence electrons. The summed E-state index contributed by atoms with van der Waals surface area (Å²) in [5.41, 5.74) is 9.61. The van der Waals surface area contributed by atoms with Crippen molar-refractivity contribution in [3.63, 3.8) is 0 Å². The van der Waals surface area contributed by atoms with Gasteiger partial charge in [0.1, 0.15) is 11.4 Å². The molecule has 0 N–H and O–H groups in total. The number of para-hydroxylation sites is 2. The third-order valence-electron chi connectivity index (χ3n) is 8.24. The molecule has 0 saturated heterocycles. The van der Waals surface area contributed by atoms with Crippen molar-refractivity contribution in [2.75, 3.05) is 0 Å². The zero-order chi connectivity index (χ0) is 28.2. The van der Waals surface area contributed by atoms with Crippen molar-refractivity contribution >= 4 is 22.1 Å². The lowest BCUT2D eigenvalue weighted by molar-refractivity contribution is 0.602. The van der Waals surface area contributed by atoms with Crippen LogP contribution in [0.1, 0.15) is 81.3 Å². The second-order valence-corrected chi connectivity index (χ2v) is 12.0. The number of benzene rings is 3. The topological polar surface area (TPSA) is 43.9 Å². The van der Waals surface area contributed by atoms with Crippen LogP contribution in [0.5, 0.6) is 0 Å². The van der Waals surface area contributed by atoms with E-state index >= 15 is 0 Å². The molecular weight excluding hydrogens is 490 g/mol. The van der Waals surface area contributed by atoms with Gasteiger partial charge >= 0.3 is 0 Å². The molecule has 0 radical (unpaired) electrons. The Morgan fingerprint density at radius 2 is 1.50 bits per heavy atom. The van der Waals surface area contributed by atoms with Crippen molar-refractivity contribution in [3.05, 3.63) is 113 Å². The molecular formula is C36H37N3O. The highest BCUT2D eigenvalue weighted by Crippen LogP contribution is 2.41. The standard InChI is InChI=1S/C36H37N3O/c1-22(2)27-13-9-14-28(23(3)4)32(27)39-20-19-37-34(39)25-11-8-12-26(21-25)36(6,7)31-16-10-15-29-30-18-17-24(5)38-35(30)40-33(29)31/h8-23H,1-7H3. The van der Waals surface area contributed by atoms with Crippen LogP contribution < -0.4 is 0 Å². The molecule has 0 unspecified atom stereocenters. The molecule has 3 heterocycles. The Labute approximate surface area is 236 Å². The first-order chi connectivity index (χ1) is 19.2. The average Bonchev–Trinajstić information content (AvgIpc) is 3.57. The molecule has 6 rings (SSSR count). The first-order valence-corrected chi connectivity index (χ1v) is 14.2. The fraction of sp³-hybridized carbons (Fsp3) is 0.278. The van der Waals surface area contributed by atoms with E-state index in [0.717, 1.165) is 39.0 Å². The van der Waals surface area contributed by atoms with E-state index in [4.69, 9.17) is 9.40 Å². The van der Waals surface area contributed by atoms with Crippen LogP contribution in [0.25, 0.3) is 39.1 Å². The van der Waals surface area contributed by atoms with Crippen LogP contribution in [-0.2, 0) is 5.41 Å². The second-order valence-electron chi connectivity index (χ2n) is 12.0. The minimum atomic E-state index is -0.311. The van der Waals surface area contributed by atoms with Crippen LogP contribution in [0, 0.1) is 6.92 Å². The van der Waals surface area contributed by atoms with Crippen LogP contribution in [0.3, 0.4) is 0 Å².